The summed E-state index contributed by atoms with van der Waals surface area (Å²) in [5, 5.41) is 0. The molecular weight excluding hydrogens is 168 g/mol. The Bertz CT molecular complexity index is 285. The lowest BCUT2D eigenvalue weighted by Gasteiger charge is -2.22. The second-order valence-electron chi connectivity index (χ2n) is 3.93. The van der Waals surface area contributed by atoms with Gasteiger partial charge in [-0.1, -0.05) is 20.8 Å². The zero-order chi connectivity index (χ0) is 10.1. The highest BCUT2D eigenvalue weighted by Gasteiger charge is 2.27. The number of anilines is 1. The second-order valence-corrected chi connectivity index (χ2v) is 3.93. The van der Waals surface area contributed by atoms with Gasteiger partial charge in [-0.3, -0.25) is 9.69 Å². The van der Waals surface area contributed by atoms with Gasteiger partial charge < -0.3 is 4.42 Å². The highest BCUT2D eigenvalue weighted by molar-refractivity contribution is 5.94. The van der Waals surface area contributed by atoms with Crippen LogP contribution in [0.1, 0.15) is 20.8 Å². The molecule has 0 N–H and O–H groups in total. The molecule has 72 valence electrons. The maximum Gasteiger partial charge on any atom is 0.303 e. The Kier molecular flexibility index (Phi) is 2.40. The van der Waals surface area contributed by atoms with Crippen molar-refractivity contribution in [2.24, 2.45) is 5.41 Å². The lowest BCUT2D eigenvalue weighted by molar-refractivity contribution is -0.125. The fourth-order valence-corrected chi connectivity index (χ4v) is 0.972. The van der Waals surface area contributed by atoms with E-state index in [-0.39, 0.29) is 5.91 Å². The molecule has 0 spiro atoms. The molecule has 0 aromatic carbocycles. The summed E-state index contributed by atoms with van der Waals surface area (Å²) < 4.78 is 5.01. The fourth-order valence-electron chi connectivity index (χ4n) is 0.972. The topological polar surface area (TPSA) is 46.3 Å². The molecule has 0 unspecified atom stereocenters. The number of nitrogens with zero attached hydrogens (tertiary/aromatic N) is 2. The van der Waals surface area contributed by atoms with E-state index in [2.05, 4.69) is 4.98 Å². The standard InChI is InChI=1S/C9H14N2O2/c1-9(2,3)7(12)11(4)8-10-5-6-13-8/h5-6H,1-4H3. The first-order chi connectivity index (χ1) is 5.93. The van der Waals surface area contributed by atoms with Crippen LogP contribution in [-0.4, -0.2) is 17.9 Å². The Morgan fingerprint density at radius 3 is 2.54 bits per heavy atom. The van der Waals surface area contributed by atoms with Crippen molar-refractivity contribution >= 4 is 11.9 Å². The Morgan fingerprint density at radius 1 is 1.54 bits per heavy atom. The molecule has 1 aromatic heterocycles. The Hall–Kier alpha value is -1.32. The molecule has 4 heteroatoms. The van der Waals surface area contributed by atoms with Gasteiger partial charge in [0.25, 0.3) is 0 Å². The molecule has 0 aliphatic heterocycles. The maximum atomic E-state index is 11.7. The predicted molar refractivity (Wildman–Crippen MR) is 49.4 cm³/mol. The highest BCUT2D eigenvalue weighted by Crippen LogP contribution is 2.20. The number of rotatable bonds is 1. The minimum atomic E-state index is -0.413. The summed E-state index contributed by atoms with van der Waals surface area (Å²) in [6.45, 7) is 5.57. The fraction of sp³-hybridized carbons (Fsp3) is 0.556. The number of hydrogen-bond acceptors (Lipinski definition) is 3. The van der Waals surface area contributed by atoms with Crippen molar-refractivity contribution in [2.75, 3.05) is 11.9 Å². The number of hydrogen-bond donors (Lipinski definition) is 0. The SMILES string of the molecule is CN(C(=O)C(C)(C)C)c1ncco1. The molecule has 0 bridgehead atoms. The third-order valence-electron chi connectivity index (χ3n) is 1.65. The molecule has 13 heavy (non-hydrogen) atoms. The number of oxazole rings is 1. The van der Waals surface area contributed by atoms with Crippen molar-refractivity contribution in [3.63, 3.8) is 0 Å². The van der Waals surface area contributed by atoms with E-state index in [4.69, 9.17) is 4.42 Å². The lowest BCUT2D eigenvalue weighted by atomic mass is 9.95. The Morgan fingerprint density at radius 2 is 2.15 bits per heavy atom. The van der Waals surface area contributed by atoms with Crippen molar-refractivity contribution in [3.8, 4) is 0 Å². The summed E-state index contributed by atoms with van der Waals surface area (Å²) in [5.74, 6) is -0.0186. The minimum absolute atomic E-state index is 0.0186. The molecule has 1 amide bonds. The van der Waals surface area contributed by atoms with Crippen molar-refractivity contribution < 1.29 is 9.21 Å². The van der Waals surface area contributed by atoms with Crippen molar-refractivity contribution in [2.45, 2.75) is 20.8 Å². The first kappa shape index (κ1) is 9.77. The summed E-state index contributed by atoms with van der Waals surface area (Å²) in [7, 11) is 1.65. The molecule has 0 atom stereocenters. The van der Waals surface area contributed by atoms with E-state index in [0.29, 0.717) is 6.01 Å². The molecule has 0 aliphatic carbocycles. The van der Waals surface area contributed by atoms with Crippen LogP contribution in [0.2, 0.25) is 0 Å². The van der Waals surface area contributed by atoms with E-state index in [0.717, 1.165) is 0 Å². The molecule has 0 saturated carbocycles. The molecular formula is C9H14N2O2. The van der Waals surface area contributed by atoms with Crippen LogP contribution in [0.25, 0.3) is 0 Å². The Labute approximate surface area is 77.6 Å². The van der Waals surface area contributed by atoms with Crippen LogP contribution >= 0.6 is 0 Å². The first-order valence-electron chi connectivity index (χ1n) is 4.10. The van der Waals surface area contributed by atoms with E-state index < -0.39 is 5.41 Å². The van der Waals surface area contributed by atoms with Gasteiger partial charge in [0.1, 0.15) is 6.26 Å². The highest BCUT2D eigenvalue weighted by atomic mass is 16.4. The molecule has 0 saturated heterocycles. The van der Waals surface area contributed by atoms with Gasteiger partial charge in [0.15, 0.2) is 0 Å². The van der Waals surface area contributed by atoms with Crippen molar-refractivity contribution in [1.29, 1.82) is 0 Å². The van der Waals surface area contributed by atoms with Crippen LogP contribution in [-0.2, 0) is 4.79 Å². The van der Waals surface area contributed by atoms with Crippen molar-refractivity contribution in [3.05, 3.63) is 12.5 Å². The normalized spacial score (nSPS) is 11.4. The quantitative estimate of drug-likeness (QED) is 0.663. The van der Waals surface area contributed by atoms with Gasteiger partial charge >= 0.3 is 6.01 Å². The molecule has 0 aliphatic rings. The molecule has 1 heterocycles. The second kappa shape index (κ2) is 3.20. The summed E-state index contributed by atoms with van der Waals surface area (Å²) in [4.78, 5) is 17.0. The molecule has 0 radical (unpaired) electrons. The minimum Gasteiger partial charge on any atom is -0.432 e. The molecule has 1 rings (SSSR count). The average molecular weight is 182 g/mol. The van der Waals surface area contributed by atoms with Gasteiger partial charge in [0, 0.05) is 12.5 Å². The zero-order valence-electron chi connectivity index (χ0n) is 8.37. The third kappa shape index (κ3) is 2.08. The molecule has 1 aromatic rings. The van der Waals surface area contributed by atoms with Gasteiger partial charge in [0.2, 0.25) is 5.91 Å². The predicted octanol–water partition coefficient (Wildman–Crippen LogP) is 1.68. The lowest BCUT2D eigenvalue weighted by Crippen LogP contribution is -2.36. The summed E-state index contributed by atoms with van der Waals surface area (Å²) in [5.41, 5.74) is -0.413. The van der Waals surface area contributed by atoms with E-state index in [1.807, 2.05) is 20.8 Å². The summed E-state index contributed by atoms with van der Waals surface area (Å²) in [6, 6.07) is 0.333. The van der Waals surface area contributed by atoms with E-state index in [1.54, 1.807) is 7.05 Å². The summed E-state index contributed by atoms with van der Waals surface area (Å²) in [6.07, 6.45) is 2.96. The van der Waals surface area contributed by atoms with Crippen LogP contribution in [0.15, 0.2) is 16.9 Å². The number of carbonyl (C=O) groups is 1. The van der Waals surface area contributed by atoms with Crippen LogP contribution in [0, 0.1) is 5.41 Å². The molecule has 4 nitrogen and oxygen atoms in total. The van der Waals surface area contributed by atoms with Crippen LogP contribution < -0.4 is 4.90 Å². The monoisotopic (exact) mass is 182 g/mol. The smallest absolute Gasteiger partial charge is 0.303 e. The maximum absolute atomic E-state index is 11.7. The van der Waals surface area contributed by atoms with Gasteiger partial charge in [0.05, 0.1) is 6.20 Å². The van der Waals surface area contributed by atoms with Crippen molar-refractivity contribution in [1.82, 2.24) is 4.98 Å². The average Bonchev–Trinajstić information content (AvgIpc) is 2.51. The molecule has 0 fully saturated rings. The Balaban J connectivity index is 2.81. The van der Waals surface area contributed by atoms with E-state index in [9.17, 15) is 4.79 Å². The number of carbonyl (C=O) groups excluding carboxylic acids is 1. The van der Waals surface area contributed by atoms with Gasteiger partial charge in [-0.15, -0.1) is 0 Å². The van der Waals surface area contributed by atoms with Gasteiger partial charge in [-0.2, -0.15) is 0 Å². The third-order valence-corrected chi connectivity index (χ3v) is 1.65. The number of aromatic nitrogens is 1. The van der Waals surface area contributed by atoms with Gasteiger partial charge in [-0.25, -0.2) is 4.98 Å². The number of amides is 1. The van der Waals surface area contributed by atoms with Crippen LogP contribution in [0.3, 0.4) is 0 Å². The van der Waals surface area contributed by atoms with E-state index >= 15 is 0 Å². The summed E-state index contributed by atoms with van der Waals surface area (Å²) >= 11 is 0. The largest absolute Gasteiger partial charge is 0.432 e. The zero-order valence-corrected chi connectivity index (χ0v) is 8.37. The van der Waals surface area contributed by atoms with E-state index in [1.165, 1.54) is 17.4 Å². The van der Waals surface area contributed by atoms with Crippen LogP contribution in [0.4, 0.5) is 6.01 Å². The first-order valence-corrected chi connectivity index (χ1v) is 4.10. The van der Waals surface area contributed by atoms with Gasteiger partial charge in [-0.05, 0) is 0 Å². The van der Waals surface area contributed by atoms with Crippen LogP contribution in [0.5, 0.6) is 0 Å².